The molecule has 0 saturated heterocycles. The maximum absolute atomic E-state index is 10.4. The maximum Gasteiger partial charge on any atom is 0.303 e. The molecule has 0 aliphatic carbocycles. The first-order valence-corrected chi connectivity index (χ1v) is 6.63. The Morgan fingerprint density at radius 1 is 1.67 bits per heavy atom. The molecule has 0 bridgehead atoms. The van der Waals surface area contributed by atoms with Crippen LogP contribution in [0.2, 0.25) is 0 Å². The van der Waals surface area contributed by atoms with Crippen LogP contribution in [0.3, 0.4) is 0 Å². The van der Waals surface area contributed by atoms with Crippen molar-refractivity contribution in [3.8, 4) is 6.07 Å². The molecule has 3 nitrogen and oxygen atoms in total. The molecule has 1 atom stereocenters. The Kier molecular flexibility index (Phi) is 6.98. The lowest BCUT2D eigenvalue weighted by atomic mass is 10.1. The molecule has 0 aromatic carbocycles. The maximum atomic E-state index is 10.4. The van der Waals surface area contributed by atoms with E-state index in [2.05, 4.69) is 6.07 Å². The summed E-state index contributed by atoms with van der Waals surface area (Å²) >= 11 is 7.86. The molecular formula is C9H13NO2S3. The van der Waals surface area contributed by atoms with Gasteiger partial charge in [-0.15, -0.1) is 11.8 Å². The van der Waals surface area contributed by atoms with E-state index in [-0.39, 0.29) is 6.42 Å². The van der Waals surface area contributed by atoms with Crippen molar-refractivity contribution in [1.29, 1.82) is 5.26 Å². The highest BCUT2D eigenvalue weighted by Crippen LogP contribution is 2.34. The first-order valence-electron chi connectivity index (χ1n) is 4.42. The van der Waals surface area contributed by atoms with E-state index in [9.17, 15) is 4.79 Å². The fraction of sp³-hybridized carbons (Fsp3) is 0.667. The lowest BCUT2D eigenvalue weighted by molar-refractivity contribution is -0.137. The highest BCUT2D eigenvalue weighted by Gasteiger charge is 2.27. The second-order valence-corrected chi connectivity index (χ2v) is 6.99. The molecule has 84 valence electrons. The van der Waals surface area contributed by atoms with E-state index in [1.165, 1.54) is 23.5 Å². The highest BCUT2D eigenvalue weighted by molar-refractivity contribution is 8.47. The number of hydrogen-bond acceptors (Lipinski definition) is 5. The summed E-state index contributed by atoms with van der Waals surface area (Å²) in [7, 11) is 0. The summed E-state index contributed by atoms with van der Waals surface area (Å²) in [5.41, 5.74) is 0. The second-order valence-electron chi connectivity index (χ2n) is 3.02. The summed E-state index contributed by atoms with van der Waals surface area (Å²) in [5.74, 6) is -0.0159. The SMILES string of the molecule is CCSC(=S)SC(C)(C#N)CCC(=O)O. The van der Waals surface area contributed by atoms with Gasteiger partial charge in [-0.3, -0.25) is 4.79 Å². The van der Waals surface area contributed by atoms with E-state index >= 15 is 0 Å². The Morgan fingerprint density at radius 2 is 2.27 bits per heavy atom. The molecule has 0 aromatic heterocycles. The zero-order chi connectivity index (χ0) is 11.9. The monoisotopic (exact) mass is 263 g/mol. The Bertz CT molecular complexity index is 288. The number of nitrogens with zero attached hydrogens (tertiary/aromatic N) is 1. The molecule has 0 aliphatic heterocycles. The minimum atomic E-state index is -0.883. The topological polar surface area (TPSA) is 61.1 Å². The van der Waals surface area contributed by atoms with Crippen molar-refractivity contribution in [1.82, 2.24) is 0 Å². The molecular weight excluding hydrogens is 250 g/mol. The molecule has 0 rings (SSSR count). The zero-order valence-electron chi connectivity index (χ0n) is 8.65. The van der Waals surface area contributed by atoms with E-state index in [1.54, 1.807) is 6.92 Å². The van der Waals surface area contributed by atoms with Gasteiger partial charge < -0.3 is 5.11 Å². The van der Waals surface area contributed by atoms with Crippen LogP contribution < -0.4 is 0 Å². The summed E-state index contributed by atoms with van der Waals surface area (Å²) in [6.45, 7) is 3.71. The normalized spacial score (nSPS) is 13.9. The molecule has 0 amide bonds. The third-order valence-electron chi connectivity index (χ3n) is 1.62. The molecule has 15 heavy (non-hydrogen) atoms. The van der Waals surface area contributed by atoms with E-state index in [0.717, 1.165) is 5.75 Å². The van der Waals surface area contributed by atoms with E-state index < -0.39 is 10.7 Å². The third-order valence-corrected chi connectivity index (χ3v) is 4.27. The predicted octanol–water partition coefficient (Wildman–Crippen LogP) is 2.90. The molecule has 0 radical (unpaired) electrons. The molecule has 6 heteroatoms. The summed E-state index contributed by atoms with van der Waals surface area (Å²) < 4.78 is -0.0237. The standard InChI is InChI=1S/C9H13NO2S3/c1-3-14-8(13)15-9(2,6-10)5-4-7(11)12/h3-5H2,1-2H3,(H,11,12). The van der Waals surface area contributed by atoms with Crippen LogP contribution in [0.4, 0.5) is 0 Å². The number of carboxylic acids is 1. The molecule has 0 spiro atoms. The van der Waals surface area contributed by atoms with Crippen molar-refractivity contribution in [2.75, 3.05) is 5.75 Å². The molecule has 0 fully saturated rings. The third kappa shape index (κ3) is 6.77. The van der Waals surface area contributed by atoms with Crippen molar-refractivity contribution < 1.29 is 9.90 Å². The molecule has 0 aromatic rings. The summed E-state index contributed by atoms with van der Waals surface area (Å²) in [6.07, 6.45) is 0.310. The van der Waals surface area contributed by atoms with Gasteiger partial charge in [0.25, 0.3) is 0 Å². The number of aliphatic carboxylic acids is 1. The first-order chi connectivity index (χ1) is 6.93. The minimum Gasteiger partial charge on any atom is -0.481 e. The summed E-state index contributed by atoms with van der Waals surface area (Å²) in [6, 6.07) is 2.12. The first kappa shape index (κ1) is 14.8. The smallest absolute Gasteiger partial charge is 0.303 e. The number of hydrogen-bond donors (Lipinski definition) is 1. The number of carbonyl (C=O) groups is 1. The lowest BCUT2D eigenvalue weighted by Crippen LogP contribution is -2.20. The predicted molar refractivity (Wildman–Crippen MR) is 69.2 cm³/mol. The van der Waals surface area contributed by atoms with Gasteiger partial charge in [0.1, 0.15) is 8.28 Å². The van der Waals surface area contributed by atoms with Crippen LogP contribution in [0, 0.1) is 11.3 Å². The lowest BCUT2D eigenvalue weighted by Gasteiger charge is -2.19. The van der Waals surface area contributed by atoms with Crippen LogP contribution in [0.15, 0.2) is 0 Å². The molecule has 0 aliphatic rings. The van der Waals surface area contributed by atoms with Crippen molar-refractivity contribution in [2.24, 2.45) is 0 Å². The molecule has 1 unspecified atom stereocenters. The van der Waals surface area contributed by atoms with Crippen molar-refractivity contribution in [3.63, 3.8) is 0 Å². The van der Waals surface area contributed by atoms with Gasteiger partial charge in [-0.2, -0.15) is 5.26 Å². The van der Waals surface area contributed by atoms with Crippen LogP contribution in [0.25, 0.3) is 0 Å². The Balaban J connectivity index is 4.25. The van der Waals surface area contributed by atoms with Crippen molar-refractivity contribution >= 4 is 45.2 Å². The van der Waals surface area contributed by atoms with Gasteiger partial charge in [-0.25, -0.2) is 0 Å². The fourth-order valence-electron chi connectivity index (χ4n) is 0.806. The Labute approximate surface area is 104 Å². The summed E-state index contributed by atoms with van der Waals surface area (Å²) in [4.78, 5) is 10.4. The van der Waals surface area contributed by atoms with Crippen molar-refractivity contribution in [2.45, 2.75) is 31.4 Å². The summed E-state index contributed by atoms with van der Waals surface area (Å²) in [5, 5.41) is 17.5. The molecule has 0 saturated carbocycles. The average Bonchev–Trinajstić information content (AvgIpc) is 2.15. The van der Waals surface area contributed by atoms with Crippen LogP contribution in [0.1, 0.15) is 26.7 Å². The minimum absolute atomic E-state index is 0.00351. The second kappa shape index (κ2) is 7.09. The Hall–Kier alpha value is -0.250. The van der Waals surface area contributed by atoms with Crippen LogP contribution in [0.5, 0.6) is 0 Å². The van der Waals surface area contributed by atoms with Gasteiger partial charge >= 0.3 is 5.97 Å². The number of nitriles is 1. The number of carboxylic acid groups (broad SMARTS) is 1. The van der Waals surface area contributed by atoms with E-state index in [0.29, 0.717) is 9.95 Å². The van der Waals surface area contributed by atoms with Gasteiger partial charge in [0.2, 0.25) is 0 Å². The quantitative estimate of drug-likeness (QED) is 0.770. The zero-order valence-corrected chi connectivity index (χ0v) is 11.1. The fourth-order valence-corrected chi connectivity index (χ4v) is 3.71. The molecule has 1 N–H and O–H groups in total. The number of rotatable bonds is 5. The van der Waals surface area contributed by atoms with Crippen molar-refractivity contribution in [3.05, 3.63) is 0 Å². The van der Waals surface area contributed by atoms with Crippen LogP contribution in [-0.2, 0) is 4.79 Å². The van der Waals surface area contributed by atoms with Gasteiger partial charge in [-0.05, 0) is 19.1 Å². The largest absolute Gasteiger partial charge is 0.481 e. The van der Waals surface area contributed by atoms with Gasteiger partial charge in [0.05, 0.1) is 6.07 Å². The van der Waals surface area contributed by atoms with Gasteiger partial charge in [-0.1, -0.05) is 30.9 Å². The number of thioether (sulfide) groups is 2. The molecule has 0 heterocycles. The Morgan fingerprint density at radius 3 is 2.67 bits per heavy atom. The van der Waals surface area contributed by atoms with Gasteiger partial charge in [0, 0.05) is 6.42 Å². The van der Waals surface area contributed by atoms with E-state index in [4.69, 9.17) is 22.6 Å². The van der Waals surface area contributed by atoms with E-state index in [1.807, 2.05) is 6.92 Å². The highest BCUT2D eigenvalue weighted by atomic mass is 32.2. The average molecular weight is 263 g/mol. The van der Waals surface area contributed by atoms with Crippen LogP contribution >= 0.6 is 35.7 Å². The van der Waals surface area contributed by atoms with Gasteiger partial charge in [0.15, 0.2) is 0 Å². The number of thiocarbonyl (C=S) groups is 1. The van der Waals surface area contributed by atoms with Crippen LogP contribution in [-0.4, -0.2) is 25.1 Å².